The highest BCUT2D eigenvalue weighted by Gasteiger charge is 2.34. The molecule has 66 valence electrons. The van der Waals surface area contributed by atoms with Crippen molar-refractivity contribution >= 4 is 8.07 Å². The first kappa shape index (κ1) is 9.23. The van der Waals surface area contributed by atoms with Crippen LogP contribution in [0.2, 0.25) is 25.7 Å². The van der Waals surface area contributed by atoms with Crippen LogP contribution in [0.1, 0.15) is 6.42 Å². The summed E-state index contributed by atoms with van der Waals surface area (Å²) in [4.78, 5) is 0. The molecule has 1 fully saturated rings. The lowest BCUT2D eigenvalue weighted by Gasteiger charge is -2.29. The standard InChI is InChI=1S/C8H19NOSi/c1-11(2,3)7-8(9)4-5-10-6-8/h4-7,9H2,1-3H3. The second-order valence-corrected chi connectivity index (χ2v) is 10.4. The normalized spacial score (nSPS) is 32.7. The van der Waals surface area contributed by atoms with E-state index >= 15 is 0 Å². The van der Waals surface area contributed by atoms with Gasteiger partial charge in [-0.3, -0.25) is 0 Å². The van der Waals surface area contributed by atoms with Gasteiger partial charge in [0.15, 0.2) is 0 Å². The van der Waals surface area contributed by atoms with Gasteiger partial charge < -0.3 is 10.5 Å². The van der Waals surface area contributed by atoms with E-state index in [2.05, 4.69) is 19.6 Å². The molecule has 2 nitrogen and oxygen atoms in total. The molecule has 0 spiro atoms. The Morgan fingerprint density at radius 2 is 2.09 bits per heavy atom. The first-order valence-corrected chi connectivity index (χ1v) is 7.99. The molecule has 0 amide bonds. The summed E-state index contributed by atoms with van der Waals surface area (Å²) in [6.45, 7) is 8.72. The first-order valence-electron chi connectivity index (χ1n) is 4.28. The van der Waals surface area contributed by atoms with Crippen LogP contribution in [0.5, 0.6) is 0 Å². The highest BCUT2D eigenvalue weighted by atomic mass is 28.3. The van der Waals surface area contributed by atoms with Crippen molar-refractivity contribution < 1.29 is 4.74 Å². The minimum Gasteiger partial charge on any atom is -0.379 e. The third kappa shape index (κ3) is 2.93. The van der Waals surface area contributed by atoms with Crippen LogP contribution in [-0.4, -0.2) is 26.8 Å². The van der Waals surface area contributed by atoms with Crippen LogP contribution < -0.4 is 5.73 Å². The maximum Gasteiger partial charge on any atom is 0.0644 e. The van der Waals surface area contributed by atoms with E-state index in [1.54, 1.807) is 0 Å². The van der Waals surface area contributed by atoms with E-state index in [1.807, 2.05) is 0 Å². The zero-order valence-electron chi connectivity index (χ0n) is 7.81. The molecule has 1 saturated heterocycles. The smallest absolute Gasteiger partial charge is 0.0644 e. The lowest BCUT2D eigenvalue weighted by molar-refractivity contribution is 0.181. The Hall–Kier alpha value is 0.137. The molecule has 0 radical (unpaired) electrons. The van der Waals surface area contributed by atoms with E-state index in [9.17, 15) is 0 Å². The first-order chi connectivity index (χ1) is 4.91. The van der Waals surface area contributed by atoms with Crippen LogP contribution in [0.4, 0.5) is 0 Å². The van der Waals surface area contributed by atoms with Crippen LogP contribution >= 0.6 is 0 Å². The van der Waals surface area contributed by atoms with E-state index in [0.29, 0.717) is 0 Å². The Balaban J connectivity index is 2.46. The van der Waals surface area contributed by atoms with Crippen LogP contribution in [0.25, 0.3) is 0 Å². The van der Waals surface area contributed by atoms with Crippen molar-refractivity contribution in [3.05, 3.63) is 0 Å². The van der Waals surface area contributed by atoms with Crippen molar-refractivity contribution in [2.24, 2.45) is 5.73 Å². The van der Waals surface area contributed by atoms with E-state index in [4.69, 9.17) is 10.5 Å². The topological polar surface area (TPSA) is 35.2 Å². The third-order valence-corrected chi connectivity index (χ3v) is 3.78. The number of ether oxygens (including phenoxy) is 1. The molecule has 0 aromatic rings. The van der Waals surface area contributed by atoms with E-state index in [-0.39, 0.29) is 5.54 Å². The Labute approximate surface area is 70.1 Å². The summed E-state index contributed by atoms with van der Waals surface area (Å²) in [5, 5.41) is 0. The Morgan fingerprint density at radius 3 is 2.45 bits per heavy atom. The summed E-state index contributed by atoms with van der Waals surface area (Å²) in [5.41, 5.74) is 6.17. The second kappa shape index (κ2) is 2.88. The molecule has 3 heteroatoms. The van der Waals surface area contributed by atoms with Crippen molar-refractivity contribution in [2.75, 3.05) is 13.2 Å². The molecule has 1 atom stereocenters. The van der Waals surface area contributed by atoms with Crippen molar-refractivity contribution in [1.82, 2.24) is 0 Å². The molecule has 1 heterocycles. The van der Waals surface area contributed by atoms with Gasteiger partial charge in [0.1, 0.15) is 0 Å². The zero-order chi connectivity index (χ0) is 8.54. The molecule has 1 aliphatic heterocycles. The fraction of sp³-hybridized carbons (Fsp3) is 1.00. The van der Waals surface area contributed by atoms with Crippen LogP contribution in [0, 0.1) is 0 Å². The molecule has 2 N–H and O–H groups in total. The molecule has 1 rings (SSSR count). The van der Waals surface area contributed by atoms with Gasteiger partial charge in [0.2, 0.25) is 0 Å². The number of hydrogen-bond donors (Lipinski definition) is 1. The minimum atomic E-state index is -1.000. The molecule has 0 bridgehead atoms. The van der Waals surface area contributed by atoms with Gasteiger partial charge in [-0.2, -0.15) is 0 Å². The summed E-state index contributed by atoms with van der Waals surface area (Å²) < 4.78 is 5.30. The quantitative estimate of drug-likeness (QED) is 0.641. The van der Waals surface area contributed by atoms with E-state index in [1.165, 1.54) is 6.04 Å². The molecule has 0 aromatic carbocycles. The fourth-order valence-electron chi connectivity index (χ4n) is 1.82. The highest BCUT2D eigenvalue weighted by molar-refractivity contribution is 6.76. The Morgan fingerprint density at radius 1 is 1.45 bits per heavy atom. The van der Waals surface area contributed by atoms with E-state index in [0.717, 1.165) is 19.6 Å². The molecule has 0 saturated carbocycles. The average Bonchev–Trinajstić information content (AvgIpc) is 2.09. The Bertz CT molecular complexity index is 136. The Kier molecular flexibility index (Phi) is 2.42. The SMILES string of the molecule is C[Si](C)(C)CC1(N)CCOC1. The lowest BCUT2D eigenvalue weighted by atomic mass is 10.0. The molecule has 11 heavy (non-hydrogen) atoms. The predicted octanol–water partition coefficient (Wildman–Crippen LogP) is 1.44. The van der Waals surface area contributed by atoms with Crippen molar-refractivity contribution in [3.8, 4) is 0 Å². The zero-order valence-corrected chi connectivity index (χ0v) is 8.81. The van der Waals surface area contributed by atoms with Gasteiger partial charge in [0.05, 0.1) is 6.61 Å². The summed E-state index contributed by atoms with van der Waals surface area (Å²) >= 11 is 0. The summed E-state index contributed by atoms with van der Waals surface area (Å²) in [6, 6.07) is 1.19. The van der Waals surface area contributed by atoms with Gasteiger partial charge in [0, 0.05) is 20.2 Å². The predicted molar refractivity (Wildman–Crippen MR) is 50.5 cm³/mol. The number of hydrogen-bond acceptors (Lipinski definition) is 2. The summed E-state index contributed by atoms with van der Waals surface area (Å²) in [6.07, 6.45) is 1.05. The van der Waals surface area contributed by atoms with Crippen LogP contribution in [0.15, 0.2) is 0 Å². The van der Waals surface area contributed by atoms with Gasteiger partial charge in [-0.15, -0.1) is 0 Å². The van der Waals surface area contributed by atoms with Gasteiger partial charge >= 0.3 is 0 Å². The summed E-state index contributed by atoms with van der Waals surface area (Å²) in [7, 11) is -1.000. The van der Waals surface area contributed by atoms with Crippen LogP contribution in [0.3, 0.4) is 0 Å². The fourth-order valence-corrected chi connectivity index (χ4v) is 4.21. The van der Waals surface area contributed by atoms with Gasteiger partial charge in [-0.1, -0.05) is 19.6 Å². The van der Waals surface area contributed by atoms with Crippen LogP contribution in [-0.2, 0) is 4.74 Å². The largest absolute Gasteiger partial charge is 0.379 e. The molecule has 0 aromatic heterocycles. The van der Waals surface area contributed by atoms with E-state index < -0.39 is 8.07 Å². The maximum atomic E-state index is 6.15. The monoisotopic (exact) mass is 173 g/mol. The molecule has 1 aliphatic rings. The molecule has 0 aliphatic carbocycles. The van der Waals surface area contributed by atoms with Crippen molar-refractivity contribution in [1.29, 1.82) is 0 Å². The number of rotatable bonds is 2. The molecule has 1 unspecified atom stereocenters. The van der Waals surface area contributed by atoms with Crippen molar-refractivity contribution in [3.63, 3.8) is 0 Å². The highest BCUT2D eigenvalue weighted by Crippen LogP contribution is 2.26. The second-order valence-electron chi connectivity index (χ2n) is 4.90. The summed E-state index contributed by atoms with van der Waals surface area (Å²) in [5.74, 6) is 0. The van der Waals surface area contributed by atoms with Crippen molar-refractivity contribution in [2.45, 2.75) is 37.6 Å². The van der Waals surface area contributed by atoms with Gasteiger partial charge in [-0.05, 0) is 12.5 Å². The average molecular weight is 173 g/mol. The maximum absolute atomic E-state index is 6.15. The lowest BCUT2D eigenvalue weighted by Crippen LogP contribution is -2.46. The van der Waals surface area contributed by atoms with Gasteiger partial charge in [0.25, 0.3) is 0 Å². The minimum absolute atomic E-state index is 0.0183. The third-order valence-electron chi connectivity index (χ3n) is 2.02. The molecular weight excluding hydrogens is 154 g/mol. The number of nitrogens with two attached hydrogens (primary N) is 1. The van der Waals surface area contributed by atoms with Gasteiger partial charge in [-0.25, -0.2) is 0 Å². The molecular formula is C8H19NOSi.